The highest BCUT2D eigenvalue weighted by molar-refractivity contribution is 8.13. The molecule has 0 aromatic heterocycles. The number of benzene rings is 2. The third kappa shape index (κ3) is 4.01. The number of rotatable bonds is 4. The van der Waals surface area contributed by atoms with Crippen molar-refractivity contribution in [1.82, 2.24) is 0 Å². The van der Waals surface area contributed by atoms with Gasteiger partial charge in [0.1, 0.15) is 0 Å². The third-order valence-corrected chi connectivity index (χ3v) is 7.19. The minimum atomic E-state index is -0.585. The highest BCUT2D eigenvalue weighted by atomic mass is 32.2. The molecule has 7 heteroatoms. The number of carbonyl (C=O) groups excluding carboxylic acids is 3. The van der Waals surface area contributed by atoms with Crippen molar-refractivity contribution in [3.05, 3.63) is 64.6 Å². The lowest BCUT2D eigenvalue weighted by Gasteiger charge is -2.32. The molecule has 2 aromatic carbocycles. The predicted molar refractivity (Wildman–Crippen MR) is 128 cm³/mol. The smallest absolute Gasteiger partial charge is 0.400 e. The molecule has 2 aliphatic rings. The van der Waals surface area contributed by atoms with Crippen molar-refractivity contribution in [3.8, 4) is 11.1 Å². The summed E-state index contributed by atoms with van der Waals surface area (Å²) in [6.45, 7) is 9.48. The molecule has 0 bridgehead atoms. The van der Waals surface area contributed by atoms with E-state index in [0.717, 1.165) is 22.2 Å². The SMILES string of the molecule is CC(=O)SCC(=Cc1ccc2c(c1)-c1ccccc1C(=O)C2=O)B1OC(C)(C)C(C)(C)O1. The van der Waals surface area contributed by atoms with Crippen LogP contribution in [0.4, 0.5) is 0 Å². The van der Waals surface area contributed by atoms with Crippen LogP contribution in [0.25, 0.3) is 17.2 Å². The quantitative estimate of drug-likeness (QED) is 0.483. The molecular formula is C25H25BO5S. The third-order valence-electron chi connectivity index (χ3n) is 6.31. The molecule has 1 aliphatic carbocycles. The van der Waals surface area contributed by atoms with Crippen LogP contribution >= 0.6 is 11.8 Å². The molecule has 1 heterocycles. The molecule has 1 aliphatic heterocycles. The van der Waals surface area contributed by atoms with E-state index in [2.05, 4.69) is 0 Å². The first-order valence-electron chi connectivity index (χ1n) is 10.5. The van der Waals surface area contributed by atoms with E-state index in [1.165, 1.54) is 18.7 Å². The minimum Gasteiger partial charge on any atom is -0.400 e. The number of ketones is 2. The highest BCUT2D eigenvalue weighted by Gasteiger charge is 2.52. The second-order valence-corrected chi connectivity index (χ2v) is 10.2. The van der Waals surface area contributed by atoms with Gasteiger partial charge in [-0.15, -0.1) is 0 Å². The molecule has 32 heavy (non-hydrogen) atoms. The molecule has 0 N–H and O–H groups in total. The van der Waals surface area contributed by atoms with E-state index in [-0.39, 0.29) is 5.12 Å². The van der Waals surface area contributed by atoms with Crippen LogP contribution in [0.2, 0.25) is 0 Å². The molecule has 5 nitrogen and oxygen atoms in total. The molecule has 0 atom stereocenters. The molecule has 0 amide bonds. The first-order chi connectivity index (χ1) is 15.0. The van der Waals surface area contributed by atoms with Crippen molar-refractivity contribution < 1.29 is 23.7 Å². The maximum atomic E-state index is 12.6. The summed E-state index contributed by atoms with van der Waals surface area (Å²) in [6.07, 6.45) is 1.95. The second-order valence-electron chi connectivity index (χ2n) is 9.10. The molecule has 0 spiro atoms. The lowest BCUT2D eigenvalue weighted by molar-refractivity contribution is -0.109. The van der Waals surface area contributed by atoms with E-state index in [9.17, 15) is 14.4 Å². The van der Waals surface area contributed by atoms with Crippen molar-refractivity contribution in [2.75, 3.05) is 5.75 Å². The molecule has 0 unspecified atom stereocenters. The fraction of sp³-hybridized carbons (Fsp3) is 0.320. The molecular weight excluding hydrogens is 423 g/mol. The number of hydrogen-bond donors (Lipinski definition) is 0. The molecule has 0 radical (unpaired) electrons. The van der Waals surface area contributed by atoms with Gasteiger partial charge in [-0.2, -0.15) is 0 Å². The van der Waals surface area contributed by atoms with Gasteiger partial charge in [0.15, 0.2) is 5.12 Å². The van der Waals surface area contributed by atoms with E-state index in [1.807, 2.05) is 58.0 Å². The summed E-state index contributed by atoms with van der Waals surface area (Å²) >= 11 is 1.20. The first-order valence-corrected chi connectivity index (χ1v) is 11.5. The van der Waals surface area contributed by atoms with Gasteiger partial charge in [0.05, 0.1) is 11.2 Å². The number of thioether (sulfide) groups is 1. The average molecular weight is 448 g/mol. The van der Waals surface area contributed by atoms with Crippen molar-refractivity contribution in [2.24, 2.45) is 0 Å². The van der Waals surface area contributed by atoms with Gasteiger partial charge in [0, 0.05) is 23.8 Å². The summed E-state index contributed by atoms with van der Waals surface area (Å²) in [5.74, 6) is -0.545. The zero-order chi connectivity index (χ0) is 23.3. The fourth-order valence-electron chi connectivity index (χ4n) is 3.80. The highest BCUT2D eigenvalue weighted by Crippen LogP contribution is 2.40. The van der Waals surface area contributed by atoms with Gasteiger partial charge in [-0.25, -0.2) is 0 Å². The van der Waals surface area contributed by atoms with E-state index in [4.69, 9.17) is 9.31 Å². The standard InChI is InChI=1S/C25H25BO5S/c1-15(27)32-14-17(26-30-24(2,3)25(4,5)31-26)12-16-10-11-20-21(13-16)18-8-6-7-9-19(18)22(28)23(20)29/h6-13H,14H2,1-5H3. The van der Waals surface area contributed by atoms with Gasteiger partial charge in [-0.3, -0.25) is 14.4 Å². The maximum absolute atomic E-state index is 12.6. The largest absolute Gasteiger partial charge is 0.491 e. The Morgan fingerprint density at radius 3 is 2.06 bits per heavy atom. The van der Waals surface area contributed by atoms with Crippen molar-refractivity contribution in [1.29, 1.82) is 0 Å². The lowest BCUT2D eigenvalue weighted by Crippen LogP contribution is -2.41. The molecule has 1 saturated heterocycles. The molecule has 4 rings (SSSR count). The zero-order valence-corrected chi connectivity index (χ0v) is 19.7. The van der Waals surface area contributed by atoms with Crippen LogP contribution in [0.1, 0.15) is 60.9 Å². The summed E-state index contributed by atoms with van der Waals surface area (Å²) < 4.78 is 12.4. The Bertz CT molecular complexity index is 1150. The van der Waals surface area contributed by atoms with Crippen molar-refractivity contribution >= 4 is 41.6 Å². The zero-order valence-electron chi connectivity index (χ0n) is 18.9. The van der Waals surface area contributed by atoms with Gasteiger partial charge < -0.3 is 9.31 Å². The van der Waals surface area contributed by atoms with Crippen molar-refractivity contribution in [2.45, 2.75) is 45.8 Å². The van der Waals surface area contributed by atoms with Crippen LogP contribution < -0.4 is 0 Å². The van der Waals surface area contributed by atoms with Crippen LogP contribution in [-0.4, -0.2) is 40.8 Å². The Morgan fingerprint density at radius 2 is 1.47 bits per heavy atom. The van der Waals surface area contributed by atoms with E-state index >= 15 is 0 Å². The maximum Gasteiger partial charge on any atom is 0.491 e. The number of hydrogen-bond acceptors (Lipinski definition) is 6. The van der Waals surface area contributed by atoms with Gasteiger partial charge in [-0.05, 0) is 62.0 Å². The number of Topliss-reactive ketones (excluding diaryl/α,β-unsaturated/α-hetero) is 2. The summed E-state index contributed by atoms with van der Waals surface area (Å²) in [7, 11) is -0.585. The van der Waals surface area contributed by atoms with Crippen LogP contribution in [-0.2, 0) is 14.1 Å². The van der Waals surface area contributed by atoms with Crippen LogP contribution in [0.3, 0.4) is 0 Å². The summed E-state index contributed by atoms with van der Waals surface area (Å²) in [5.41, 5.74) is 2.97. The van der Waals surface area contributed by atoms with Gasteiger partial charge in [0.2, 0.25) is 11.6 Å². The normalized spacial score (nSPS) is 19.0. The summed E-state index contributed by atoms with van der Waals surface area (Å²) in [5, 5.41) is 0.0101. The Labute approximate surface area is 192 Å². The minimum absolute atomic E-state index is 0.0101. The van der Waals surface area contributed by atoms with E-state index in [0.29, 0.717) is 16.9 Å². The molecule has 164 valence electrons. The Morgan fingerprint density at radius 1 is 0.906 bits per heavy atom. The predicted octanol–water partition coefficient (Wildman–Crippen LogP) is 5.03. The monoisotopic (exact) mass is 448 g/mol. The van der Waals surface area contributed by atoms with Crippen LogP contribution in [0.5, 0.6) is 0 Å². The Balaban J connectivity index is 1.76. The fourth-order valence-corrected chi connectivity index (χ4v) is 4.39. The number of carbonyl (C=O) groups is 3. The first kappa shape index (κ1) is 22.7. The molecule has 1 fully saturated rings. The van der Waals surface area contributed by atoms with Gasteiger partial charge >= 0.3 is 7.12 Å². The van der Waals surface area contributed by atoms with Crippen molar-refractivity contribution in [3.63, 3.8) is 0 Å². The topological polar surface area (TPSA) is 69.7 Å². The second kappa shape index (κ2) is 8.14. The lowest BCUT2D eigenvalue weighted by atomic mass is 9.77. The van der Waals surface area contributed by atoms with E-state index < -0.39 is 29.9 Å². The Hall–Kier alpha value is -2.48. The summed E-state index contributed by atoms with van der Waals surface area (Å²) in [6, 6.07) is 12.6. The van der Waals surface area contributed by atoms with E-state index in [1.54, 1.807) is 18.2 Å². The van der Waals surface area contributed by atoms with Gasteiger partial charge in [-0.1, -0.05) is 48.2 Å². The van der Waals surface area contributed by atoms with Crippen LogP contribution in [0.15, 0.2) is 47.9 Å². The Kier molecular flexibility index (Phi) is 5.78. The molecule has 0 saturated carbocycles. The summed E-state index contributed by atoms with van der Waals surface area (Å²) in [4.78, 5) is 36.7. The number of fused-ring (bicyclic) bond motifs is 3. The average Bonchev–Trinajstić information content (AvgIpc) is 2.96. The molecule has 2 aromatic rings. The van der Waals surface area contributed by atoms with Crippen LogP contribution in [0, 0.1) is 0 Å². The van der Waals surface area contributed by atoms with Gasteiger partial charge in [0.25, 0.3) is 0 Å².